The highest BCUT2D eigenvalue weighted by atomic mass is 32.1. The highest BCUT2D eigenvalue weighted by molar-refractivity contribution is 7.13. The van der Waals surface area contributed by atoms with Crippen molar-refractivity contribution in [2.24, 2.45) is 17.1 Å². The minimum Gasteiger partial charge on any atom is -0.377 e. The van der Waals surface area contributed by atoms with E-state index in [4.69, 9.17) is 10.5 Å². The molecule has 1 saturated carbocycles. The van der Waals surface area contributed by atoms with Gasteiger partial charge in [0.2, 0.25) is 5.91 Å². The number of hydrogen-bond donors (Lipinski definition) is 2. The van der Waals surface area contributed by atoms with Crippen molar-refractivity contribution in [1.82, 2.24) is 4.98 Å². The standard InChI is InChI=1S/C12H17N3O2S/c1-11(2)8-7(3-5-17-8)12(11,13)9(16)15-10-14-4-6-18-10/h4,6-8H,3,5,13H2,1-2H3,(H,14,15,16). The van der Waals surface area contributed by atoms with Gasteiger partial charge in [0, 0.05) is 29.5 Å². The Hall–Kier alpha value is -0.980. The van der Waals surface area contributed by atoms with Gasteiger partial charge in [0.1, 0.15) is 5.54 Å². The van der Waals surface area contributed by atoms with Crippen LogP contribution in [0.25, 0.3) is 0 Å². The maximum atomic E-state index is 12.4. The van der Waals surface area contributed by atoms with E-state index in [1.807, 2.05) is 19.2 Å². The number of nitrogens with two attached hydrogens (primary N) is 1. The maximum Gasteiger partial charge on any atom is 0.247 e. The summed E-state index contributed by atoms with van der Waals surface area (Å²) in [6.07, 6.45) is 2.62. The molecule has 1 aromatic heterocycles. The van der Waals surface area contributed by atoms with Gasteiger partial charge in [-0.3, -0.25) is 4.79 Å². The fraction of sp³-hybridized carbons (Fsp3) is 0.667. The summed E-state index contributed by atoms with van der Waals surface area (Å²) < 4.78 is 5.67. The second kappa shape index (κ2) is 3.76. The zero-order chi connectivity index (χ0) is 13.0. The Morgan fingerprint density at radius 2 is 2.44 bits per heavy atom. The van der Waals surface area contributed by atoms with Crippen molar-refractivity contribution in [2.45, 2.75) is 31.9 Å². The number of thiazole rings is 1. The molecule has 1 saturated heterocycles. The Labute approximate surface area is 110 Å². The highest BCUT2D eigenvalue weighted by Crippen LogP contribution is 2.58. The fourth-order valence-corrected chi connectivity index (χ4v) is 3.85. The predicted octanol–water partition coefficient (Wildman–Crippen LogP) is 1.22. The van der Waals surface area contributed by atoms with Gasteiger partial charge >= 0.3 is 0 Å². The van der Waals surface area contributed by atoms with Gasteiger partial charge in [0.15, 0.2) is 5.13 Å². The summed E-state index contributed by atoms with van der Waals surface area (Å²) in [7, 11) is 0. The Balaban J connectivity index is 1.84. The van der Waals surface area contributed by atoms with E-state index in [0.29, 0.717) is 11.7 Å². The zero-order valence-corrected chi connectivity index (χ0v) is 11.3. The van der Waals surface area contributed by atoms with Crippen LogP contribution in [0.5, 0.6) is 0 Å². The molecular weight excluding hydrogens is 250 g/mol. The smallest absolute Gasteiger partial charge is 0.247 e. The van der Waals surface area contributed by atoms with Gasteiger partial charge in [-0.25, -0.2) is 4.98 Å². The molecule has 0 spiro atoms. The molecule has 3 atom stereocenters. The van der Waals surface area contributed by atoms with Gasteiger partial charge in [-0.05, 0) is 6.42 Å². The van der Waals surface area contributed by atoms with E-state index >= 15 is 0 Å². The molecule has 2 aliphatic rings. The lowest BCUT2D eigenvalue weighted by molar-refractivity contribution is -0.170. The Morgan fingerprint density at radius 1 is 1.67 bits per heavy atom. The SMILES string of the molecule is CC1(C)C2OCCC2C1(N)C(=O)Nc1nccs1. The van der Waals surface area contributed by atoms with Gasteiger partial charge in [-0.15, -0.1) is 11.3 Å². The summed E-state index contributed by atoms with van der Waals surface area (Å²) in [5.74, 6) is -0.0262. The van der Waals surface area contributed by atoms with Crippen LogP contribution in [0, 0.1) is 11.3 Å². The fourth-order valence-electron chi connectivity index (χ4n) is 3.33. The van der Waals surface area contributed by atoms with Crippen LogP contribution in [0.2, 0.25) is 0 Å². The lowest BCUT2D eigenvalue weighted by Gasteiger charge is -2.60. The molecular formula is C12H17N3O2S. The first-order valence-electron chi connectivity index (χ1n) is 6.09. The van der Waals surface area contributed by atoms with Gasteiger partial charge in [0.05, 0.1) is 6.10 Å². The number of rotatable bonds is 2. The molecule has 0 radical (unpaired) electrons. The van der Waals surface area contributed by atoms with Crippen molar-refractivity contribution in [3.8, 4) is 0 Å². The molecule has 1 aromatic rings. The van der Waals surface area contributed by atoms with E-state index in [0.717, 1.165) is 6.42 Å². The third kappa shape index (κ3) is 1.34. The average Bonchev–Trinajstić information content (AvgIpc) is 2.97. The number of amides is 1. The molecule has 6 heteroatoms. The minimum absolute atomic E-state index is 0.101. The summed E-state index contributed by atoms with van der Waals surface area (Å²) in [4.78, 5) is 16.5. The van der Waals surface area contributed by atoms with Gasteiger partial charge in [-0.1, -0.05) is 13.8 Å². The topological polar surface area (TPSA) is 77.2 Å². The lowest BCUT2D eigenvalue weighted by atomic mass is 9.48. The van der Waals surface area contributed by atoms with Crippen LogP contribution >= 0.6 is 11.3 Å². The average molecular weight is 267 g/mol. The summed E-state index contributed by atoms with van der Waals surface area (Å²) in [6, 6.07) is 0. The lowest BCUT2D eigenvalue weighted by Crippen LogP contribution is -2.79. The number of fused-ring (bicyclic) bond motifs is 1. The molecule has 98 valence electrons. The number of aromatic nitrogens is 1. The molecule has 0 aromatic carbocycles. The third-order valence-corrected chi connectivity index (χ3v) is 5.17. The molecule has 5 nitrogen and oxygen atoms in total. The molecule has 3 N–H and O–H groups in total. The normalized spacial score (nSPS) is 36.8. The van der Waals surface area contributed by atoms with E-state index in [1.165, 1.54) is 11.3 Å². The van der Waals surface area contributed by atoms with E-state index in [2.05, 4.69) is 10.3 Å². The van der Waals surface area contributed by atoms with Crippen LogP contribution in [0.3, 0.4) is 0 Å². The number of nitrogens with one attached hydrogen (secondary N) is 1. The molecule has 3 rings (SSSR count). The first kappa shape index (κ1) is 12.1. The highest BCUT2D eigenvalue weighted by Gasteiger charge is 2.71. The number of nitrogens with zero attached hydrogens (tertiary/aromatic N) is 1. The molecule has 1 aliphatic carbocycles. The van der Waals surface area contributed by atoms with E-state index in [1.54, 1.807) is 6.20 Å². The number of carbonyl (C=O) groups excluding carboxylic acids is 1. The van der Waals surface area contributed by atoms with Crippen LogP contribution in [0.4, 0.5) is 5.13 Å². The van der Waals surface area contributed by atoms with Crippen molar-refractivity contribution in [2.75, 3.05) is 11.9 Å². The quantitative estimate of drug-likeness (QED) is 0.844. The molecule has 1 aliphatic heterocycles. The van der Waals surface area contributed by atoms with Crippen molar-refractivity contribution >= 4 is 22.4 Å². The largest absolute Gasteiger partial charge is 0.377 e. The number of hydrogen-bond acceptors (Lipinski definition) is 5. The second-order valence-electron chi connectivity index (χ2n) is 5.57. The number of carbonyl (C=O) groups is 1. The Morgan fingerprint density at radius 3 is 3.11 bits per heavy atom. The molecule has 2 heterocycles. The molecule has 1 amide bonds. The van der Waals surface area contributed by atoms with Gasteiger partial charge in [0.25, 0.3) is 0 Å². The molecule has 2 fully saturated rings. The Kier molecular flexibility index (Phi) is 2.52. The van der Waals surface area contributed by atoms with Crippen molar-refractivity contribution < 1.29 is 9.53 Å². The van der Waals surface area contributed by atoms with Crippen LogP contribution in [0.1, 0.15) is 20.3 Å². The van der Waals surface area contributed by atoms with Crippen LogP contribution in [0.15, 0.2) is 11.6 Å². The van der Waals surface area contributed by atoms with Crippen molar-refractivity contribution in [3.05, 3.63) is 11.6 Å². The first-order chi connectivity index (χ1) is 8.48. The van der Waals surface area contributed by atoms with Crippen LogP contribution < -0.4 is 11.1 Å². The van der Waals surface area contributed by atoms with E-state index in [9.17, 15) is 4.79 Å². The minimum atomic E-state index is -0.861. The molecule has 3 unspecified atom stereocenters. The van der Waals surface area contributed by atoms with Gasteiger partial charge < -0.3 is 15.8 Å². The first-order valence-corrected chi connectivity index (χ1v) is 6.97. The second-order valence-corrected chi connectivity index (χ2v) is 6.46. The third-order valence-electron chi connectivity index (χ3n) is 4.48. The van der Waals surface area contributed by atoms with Crippen molar-refractivity contribution in [1.29, 1.82) is 0 Å². The Bertz CT molecular complexity index is 474. The summed E-state index contributed by atoms with van der Waals surface area (Å²) in [5, 5.41) is 5.25. The zero-order valence-electron chi connectivity index (χ0n) is 10.5. The van der Waals surface area contributed by atoms with Gasteiger partial charge in [-0.2, -0.15) is 0 Å². The number of ether oxygens (including phenoxy) is 1. The predicted molar refractivity (Wildman–Crippen MR) is 69.3 cm³/mol. The van der Waals surface area contributed by atoms with E-state index < -0.39 is 5.54 Å². The van der Waals surface area contributed by atoms with E-state index in [-0.39, 0.29) is 23.3 Å². The number of anilines is 1. The van der Waals surface area contributed by atoms with Crippen LogP contribution in [-0.4, -0.2) is 29.1 Å². The maximum absolute atomic E-state index is 12.4. The summed E-state index contributed by atoms with van der Waals surface area (Å²) in [6.45, 7) is 4.70. The monoisotopic (exact) mass is 267 g/mol. The molecule has 0 bridgehead atoms. The van der Waals surface area contributed by atoms with Crippen LogP contribution in [-0.2, 0) is 9.53 Å². The summed E-state index contributed by atoms with van der Waals surface area (Å²) >= 11 is 1.40. The molecule has 18 heavy (non-hydrogen) atoms. The van der Waals surface area contributed by atoms with Crippen molar-refractivity contribution in [3.63, 3.8) is 0 Å². The summed E-state index contributed by atoms with van der Waals surface area (Å²) in [5.41, 5.74) is 5.21.